The van der Waals surface area contributed by atoms with Gasteiger partial charge >= 0.3 is 0 Å². The van der Waals surface area contributed by atoms with Crippen LogP contribution in [0.15, 0.2) is 17.4 Å². The lowest BCUT2D eigenvalue weighted by atomic mass is 10.3. The monoisotopic (exact) mass is 420 g/mol. The number of guanidine groups is 1. The average Bonchev–Trinajstić information content (AvgIpc) is 3.11. The van der Waals surface area contributed by atoms with Gasteiger partial charge in [0.25, 0.3) is 0 Å². The van der Waals surface area contributed by atoms with Crippen molar-refractivity contribution in [2.45, 2.75) is 32.4 Å². The highest BCUT2D eigenvalue weighted by atomic mass is 127. The molecule has 8 heteroatoms. The molecule has 2 N–H and O–H groups in total. The van der Waals surface area contributed by atoms with Crippen molar-refractivity contribution in [3.63, 3.8) is 0 Å². The number of nitrogens with one attached hydrogen (secondary N) is 2. The summed E-state index contributed by atoms with van der Waals surface area (Å²) in [4.78, 5) is 17.8. The number of carbonyl (C=O) groups is 1. The van der Waals surface area contributed by atoms with Crippen molar-refractivity contribution in [3.8, 4) is 0 Å². The number of rotatable bonds is 4. The summed E-state index contributed by atoms with van der Waals surface area (Å²) < 4.78 is 1.78. The lowest BCUT2D eigenvalue weighted by molar-refractivity contribution is -0.129. The van der Waals surface area contributed by atoms with Crippen molar-refractivity contribution < 1.29 is 4.79 Å². The van der Waals surface area contributed by atoms with E-state index in [0.29, 0.717) is 13.0 Å². The molecule has 0 aliphatic carbocycles. The highest BCUT2D eigenvalue weighted by Crippen LogP contribution is 2.10. The number of halogens is 1. The van der Waals surface area contributed by atoms with Crippen LogP contribution in [-0.2, 0) is 18.4 Å². The number of hydrogen-bond donors (Lipinski definition) is 2. The van der Waals surface area contributed by atoms with Crippen LogP contribution in [0.5, 0.6) is 0 Å². The van der Waals surface area contributed by atoms with Gasteiger partial charge in [0.05, 0.1) is 6.20 Å². The SMILES string of the molecule is CCC(=O)N1CCC(NC(=NC)NCc2cnn(C)c2)C1.I. The maximum Gasteiger partial charge on any atom is 0.222 e. The lowest BCUT2D eigenvalue weighted by Crippen LogP contribution is -2.44. The third-order valence-electron chi connectivity index (χ3n) is 3.63. The Morgan fingerprint density at radius 3 is 2.91 bits per heavy atom. The zero-order valence-corrected chi connectivity index (χ0v) is 15.7. The first-order valence-corrected chi connectivity index (χ1v) is 7.34. The maximum absolute atomic E-state index is 11.7. The molecule has 1 aliphatic heterocycles. The highest BCUT2D eigenvalue weighted by molar-refractivity contribution is 14.0. The second-order valence-corrected chi connectivity index (χ2v) is 5.27. The van der Waals surface area contributed by atoms with Crippen LogP contribution in [0.25, 0.3) is 0 Å². The molecule has 124 valence electrons. The Balaban J connectivity index is 0.00000242. The van der Waals surface area contributed by atoms with E-state index in [1.54, 1.807) is 11.7 Å². The zero-order valence-electron chi connectivity index (χ0n) is 13.4. The van der Waals surface area contributed by atoms with Crippen molar-refractivity contribution >= 4 is 35.8 Å². The van der Waals surface area contributed by atoms with Crippen LogP contribution in [0.2, 0.25) is 0 Å². The molecule has 1 atom stereocenters. The van der Waals surface area contributed by atoms with E-state index >= 15 is 0 Å². The molecule has 0 spiro atoms. The summed E-state index contributed by atoms with van der Waals surface area (Å²) in [6.07, 6.45) is 5.33. The number of aliphatic imine (C=N–C) groups is 1. The van der Waals surface area contributed by atoms with Crippen LogP contribution >= 0.6 is 24.0 Å². The molecule has 1 amide bonds. The molecule has 22 heavy (non-hydrogen) atoms. The molecule has 2 heterocycles. The number of nitrogens with zero attached hydrogens (tertiary/aromatic N) is 4. The minimum atomic E-state index is 0. The zero-order chi connectivity index (χ0) is 15.2. The molecule has 2 rings (SSSR count). The molecule has 1 fully saturated rings. The summed E-state index contributed by atoms with van der Waals surface area (Å²) in [6.45, 7) is 4.15. The molecule has 0 saturated carbocycles. The normalized spacial score (nSPS) is 18.0. The molecular formula is C14H25IN6O. The molecular weight excluding hydrogens is 395 g/mol. The number of carbonyl (C=O) groups excluding carboxylic acids is 1. The Kier molecular flexibility index (Phi) is 7.63. The van der Waals surface area contributed by atoms with Gasteiger partial charge in [-0.3, -0.25) is 14.5 Å². The van der Waals surface area contributed by atoms with E-state index < -0.39 is 0 Å². The fourth-order valence-electron chi connectivity index (χ4n) is 2.47. The predicted molar refractivity (Wildman–Crippen MR) is 97.2 cm³/mol. The summed E-state index contributed by atoms with van der Waals surface area (Å²) >= 11 is 0. The van der Waals surface area contributed by atoms with Crippen molar-refractivity contribution in [1.29, 1.82) is 0 Å². The van der Waals surface area contributed by atoms with Crippen LogP contribution in [0, 0.1) is 0 Å². The van der Waals surface area contributed by atoms with Gasteiger partial charge in [-0.2, -0.15) is 5.10 Å². The van der Waals surface area contributed by atoms with Gasteiger partial charge in [-0.25, -0.2) is 0 Å². The van der Waals surface area contributed by atoms with Crippen LogP contribution < -0.4 is 10.6 Å². The Bertz CT molecular complexity index is 515. The molecule has 1 saturated heterocycles. The Hall–Kier alpha value is -1.32. The molecule has 0 aromatic carbocycles. The Labute approximate surface area is 148 Å². The second-order valence-electron chi connectivity index (χ2n) is 5.27. The Morgan fingerprint density at radius 1 is 1.55 bits per heavy atom. The second kappa shape index (κ2) is 8.96. The van der Waals surface area contributed by atoms with Crippen molar-refractivity contribution in [2.75, 3.05) is 20.1 Å². The van der Waals surface area contributed by atoms with Crippen LogP contribution in [0.3, 0.4) is 0 Å². The van der Waals surface area contributed by atoms with Gasteiger partial charge in [-0.05, 0) is 6.42 Å². The summed E-state index contributed by atoms with van der Waals surface area (Å²) in [5.74, 6) is 0.979. The number of likely N-dealkylation sites (tertiary alicyclic amines) is 1. The van der Waals surface area contributed by atoms with Gasteiger partial charge in [0.1, 0.15) is 0 Å². The van der Waals surface area contributed by atoms with Crippen molar-refractivity contribution in [3.05, 3.63) is 18.0 Å². The van der Waals surface area contributed by atoms with Gasteiger partial charge in [0, 0.05) is 58.0 Å². The first-order chi connectivity index (χ1) is 10.1. The number of amides is 1. The number of hydrogen-bond acceptors (Lipinski definition) is 3. The van der Waals surface area contributed by atoms with Gasteiger partial charge < -0.3 is 15.5 Å². The minimum absolute atomic E-state index is 0. The third kappa shape index (κ3) is 5.15. The van der Waals surface area contributed by atoms with E-state index in [4.69, 9.17) is 0 Å². The van der Waals surface area contributed by atoms with Crippen LogP contribution in [0.4, 0.5) is 0 Å². The standard InChI is InChI=1S/C14H24N6O.HI/c1-4-13(21)20-6-5-12(10-20)18-14(15-2)16-7-11-8-17-19(3)9-11;/h8-9,12H,4-7,10H2,1-3H3,(H2,15,16,18);1H. The van der Waals surface area contributed by atoms with E-state index in [0.717, 1.165) is 31.0 Å². The first kappa shape index (κ1) is 18.7. The maximum atomic E-state index is 11.7. The summed E-state index contributed by atoms with van der Waals surface area (Å²) in [6, 6.07) is 0.264. The molecule has 1 aromatic heterocycles. The largest absolute Gasteiger partial charge is 0.352 e. The fourth-order valence-corrected chi connectivity index (χ4v) is 2.47. The summed E-state index contributed by atoms with van der Waals surface area (Å²) in [5, 5.41) is 10.8. The van der Waals surface area contributed by atoms with Crippen molar-refractivity contribution in [2.24, 2.45) is 12.0 Å². The molecule has 1 aromatic rings. The molecule has 0 radical (unpaired) electrons. The quantitative estimate of drug-likeness (QED) is 0.428. The van der Waals surface area contributed by atoms with Crippen molar-refractivity contribution in [1.82, 2.24) is 25.3 Å². The third-order valence-corrected chi connectivity index (χ3v) is 3.63. The minimum Gasteiger partial charge on any atom is -0.352 e. The van der Waals surface area contributed by atoms with Crippen LogP contribution in [0.1, 0.15) is 25.3 Å². The van der Waals surface area contributed by atoms with Gasteiger partial charge in [-0.15, -0.1) is 24.0 Å². The Morgan fingerprint density at radius 2 is 2.32 bits per heavy atom. The molecule has 1 aliphatic rings. The van der Waals surface area contributed by atoms with Gasteiger partial charge in [-0.1, -0.05) is 6.92 Å². The topological polar surface area (TPSA) is 74.6 Å². The molecule has 0 bridgehead atoms. The summed E-state index contributed by atoms with van der Waals surface area (Å²) in [5.41, 5.74) is 1.11. The van der Waals surface area contributed by atoms with E-state index in [1.165, 1.54) is 0 Å². The van der Waals surface area contributed by atoms with E-state index in [2.05, 4.69) is 20.7 Å². The number of aryl methyl sites for hydroxylation is 1. The fraction of sp³-hybridized carbons (Fsp3) is 0.643. The first-order valence-electron chi connectivity index (χ1n) is 7.34. The van der Waals surface area contributed by atoms with Gasteiger partial charge in [0.2, 0.25) is 5.91 Å². The molecule has 1 unspecified atom stereocenters. The van der Waals surface area contributed by atoms with E-state index in [1.807, 2.05) is 31.3 Å². The smallest absolute Gasteiger partial charge is 0.222 e. The van der Waals surface area contributed by atoms with Crippen LogP contribution in [-0.4, -0.2) is 52.7 Å². The average molecular weight is 420 g/mol. The predicted octanol–water partition coefficient (Wildman–Crippen LogP) is 0.714. The number of aromatic nitrogens is 2. The summed E-state index contributed by atoms with van der Waals surface area (Å²) in [7, 11) is 3.65. The highest BCUT2D eigenvalue weighted by Gasteiger charge is 2.25. The molecule has 7 nitrogen and oxygen atoms in total. The van der Waals surface area contributed by atoms with Gasteiger partial charge in [0.15, 0.2) is 5.96 Å². The lowest BCUT2D eigenvalue weighted by Gasteiger charge is -2.18. The van der Waals surface area contributed by atoms with E-state index in [-0.39, 0.29) is 35.9 Å². The van der Waals surface area contributed by atoms with E-state index in [9.17, 15) is 4.79 Å².